The summed E-state index contributed by atoms with van der Waals surface area (Å²) in [6.07, 6.45) is 5.55. The number of likely N-dealkylation sites (tertiary alicyclic amines) is 1. The van der Waals surface area contributed by atoms with E-state index in [0.717, 1.165) is 57.5 Å². The minimum absolute atomic E-state index is 0.0367. The molecule has 0 atom stereocenters. The fraction of sp³-hybridized carbons (Fsp3) is 0.440. The molecule has 4 rings (SSSR count). The van der Waals surface area contributed by atoms with Crippen LogP contribution in [0.4, 0.5) is 21.9 Å². The van der Waals surface area contributed by atoms with E-state index >= 15 is 0 Å². The number of hydrogen-bond donors (Lipinski definition) is 2. The molecule has 3 amide bonds. The minimum Gasteiger partial charge on any atom is -0.497 e. The Morgan fingerprint density at radius 2 is 1.36 bits per heavy atom. The van der Waals surface area contributed by atoms with E-state index in [-0.39, 0.29) is 5.91 Å². The van der Waals surface area contributed by atoms with Crippen LogP contribution in [0.25, 0.3) is 0 Å². The maximum atomic E-state index is 13.3. The Morgan fingerprint density at radius 1 is 0.758 bits per heavy atom. The summed E-state index contributed by atoms with van der Waals surface area (Å²) in [6.45, 7) is 3.47. The van der Waals surface area contributed by atoms with Crippen LogP contribution in [0.1, 0.15) is 42.5 Å². The van der Waals surface area contributed by atoms with Gasteiger partial charge in [0, 0.05) is 61.4 Å². The largest absolute Gasteiger partial charge is 0.497 e. The van der Waals surface area contributed by atoms with Gasteiger partial charge in [0.25, 0.3) is 5.91 Å². The Hall–Kier alpha value is -3.42. The summed E-state index contributed by atoms with van der Waals surface area (Å²) in [6, 6.07) is 10.4. The van der Waals surface area contributed by atoms with Crippen LogP contribution in [0.15, 0.2) is 36.4 Å². The van der Waals surface area contributed by atoms with Crippen molar-refractivity contribution < 1.29 is 19.1 Å². The van der Waals surface area contributed by atoms with Crippen molar-refractivity contribution in [1.29, 1.82) is 0 Å². The summed E-state index contributed by atoms with van der Waals surface area (Å²) in [5, 5.41) is 5.67. The number of carbonyl (C=O) groups is 2. The van der Waals surface area contributed by atoms with E-state index in [1.165, 1.54) is 6.42 Å². The van der Waals surface area contributed by atoms with Gasteiger partial charge in [0.15, 0.2) is 0 Å². The summed E-state index contributed by atoms with van der Waals surface area (Å²) in [5.74, 6) is 1.19. The van der Waals surface area contributed by atoms with Crippen LogP contribution >= 0.6 is 0 Å². The Morgan fingerprint density at radius 3 is 2.00 bits per heavy atom. The highest BCUT2D eigenvalue weighted by atomic mass is 16.5. The number of rotatable bonds is 6. The molecule has 0 bridgehead atoms. The van der Waals surface area contributed by atoms with Crippen LogP contribution < -0.4 is 25.0 Å². The van der Waals surface area contributed by atoms with Crippen molar-refractivity contribution in [2.24, 2.45) is 0 Å². The van der Waals surface area contributed by atoms with Gasteiger partial charge < -0.3 is 29.9 Å². The molecule has 0 aromatic heterocycles. The van der Waals surface area contributed by atoms with Gasteiger partial charge >= 0.3 is 6.03 Å². The van der Waals surface area contributed by atoms with Gasteiger partial charge in [0.2, 0.25) is 0 Å². The number of hydrogen-bond acceptors (Lipinski definition) is 5. The van der Waals surface area contributed by atoms with E-state index in [4.69, 9.17) is 9.47 Å². The molecule has 0 unspecified atom stereocenters. The second-order valence-electron chi connectivity index (χ2n) is 8.46. The van der Waals surface area contributed by atoms with Gasteiger partial charge in [-0.1, -0.05) is 0 Å². The molecular formula is C25H32N4O4. The molecular weight excluding hydrogens is 420 g/mol. The molecule has 0 radical (unpaired) electrons. The summed E-state index contributed by atoms with van der Waals surface area (Å²) in [5.41, 5.74) is 2.72. The molecule has 2 saturated heterocycles. The van der Waals surface area contributed by atoms with Crippen molar-refractivity contribution in [3.63, 3.8) is 0 Å². The predicted molar refractivity (Wildman–Crippen MR) is 130 cm³/mol. The van der Waals surface area contributed by atoms with Gasteiger partial charge in [-0.15, -0.1) is 0 Å². The quantitative estimate of drug-likeness (QED) is 0.671. The van der Waals surface area contributed by atoms with Gasteiger partial charge in [-0.25, -0.2) is 4.79 Å². The van der Waals surface area contributed by atoms with Gasteiger partial charge in [-0.2, -0.15) is 0 Å². The normalized spacial score (nSPS) is 15.8. The van der Waals surface area contributed by atoms with Crippen LogP contribution in [-0.4, -0.2) is 57.2 Å². The van der Waals surface area contributed by atoms with Crippen LogP contribution in [-0.2, 0) is 0 Å². The molecule has 33 heavy (non-hydrogen) atoms. The average molecular weight is 453 g/mol. The number of benzene rings is 2. The molecule has 0 aliphatic carbocycles. The third kappa shape index (κ3) is 5.50. The molecule has 2 N–H and O–H groups in total. The van der Waals surface area contributed by atoms with Gasteiger partial charge in [-0.05, 0) is 50.3 Å². The maximum absolute atomic E-state index is 13.3. The highest BCUT2D eigenvalue weighted by Gasteiger charge is 2.25. The molecule has 2 fully saturated rings. The SMILES string of the molecule is COc1cc(NC(=O)Nc2ccc(N3CCCCC3)c(C(=O)N3CCCC3)c2)cc(OC)c1. The van der Waals surface area contributed by atoms with E-state index in [1.807, 2.05) is 17.0 Å². The topological polar surface area (TPSA) is 83.1 Å². The van der Waals surface area contributed by atoms with Gasteiger partial charge in [-0.3, -0.25) is 4.79 Å². The van der Waals surface area contributed by atoms with Crippen LogP contribution in [0.2, 0.25) is 0 Å². The monoisotopic (exact) mass is 452 g/mol. The Labute approximate surface area is 194 Å². The molecule has 2 heterocycles. The number of methoxy groups -OCH3 is 2. The summed E-state index contributed by atoms with van der Waals surface area (Å²) >= 11 is 0. The number of piperidine rings is 1. The zero-order chi connectivity index (χ0) is 23.2. The maximum Gasteiger partial charge on any atom is 0.323 e. The fourth-order valence-corrected chi connectivity index (χ4v) is 4.46. The fourth-order valence-electron chi connectivity index (χ4n) is 4.46. The van der Waals surface area contributed by atoms with Crippen LogP contribution in [0.3, 0.4) is 0 Å². The molecule has 176 valence electrons. The van der Waals surface area contributed by atoms with Crippen molar-refractivity contribution in [1.82, 2.24) is 4.90 Å². The minimum atomic E-state index is -0.407. The second-order valence-corrected chi connectivity index (χ2v) is 8.46. The number of urea groups is 1. The first-order valence-electron chi connectivity index (χ1n) is 11.6. The molecule has 2 aliphatic heterocycles. The predicted octanol–water partition coefficient (Wildman–Crippen LogP) is 4.57. The summed E-state index contributed by atoms with van der Waals surface area (Å²) in [4.78, 5) is 30.2. The second kappa shape index (κ2) is 10.5. The van der Waals surface area contributed by atoms with E-state index < -0.39 is 6.03 Å². The number of amides is 3. The lowest BCUT2D eigenvalue weighted by molar-refractivity contribution is 0.0793. The van der Waals surface area contributed by atoms with Crippen molar-refractivity contribution in [2.75, 3.05) is 55.9 Å². The van der Waals surface area contributed by atoms with Gasteiger partial charge in [0.05, 0.1) is 19.8 Å². The van der Waals surface area contributed by atoms with E-state index in [2.05, 4.69) is 15.5 Å². The van der Waals surface area contributed by atoms with Crippen molar-refractivity contribution in [2.45, 2.75) is 32.1 Å². The Bertz CT molecular complexity index is 976. The zero-order valence-corrected chi connectivity index (χ0v) is 19.4. The van der Waals surface area contributed by atoms with Gasteiger partial charge in [0.1, 0.15) is 11.5 Å². The van der Waals surface area contributed by atoms with E-state index in [1.54, 1.807) is 38.5 Å². The summed E-state index contributed by atoms with van der Waals surface area (Å²) < 4.78 is 10.5. The molecule has 0 saturated carbocycles. The first kappa shape index (κ1) is 22.8. The number of ether oxygens (including phenoxy) is 2. The first-order valence-corrected chi connectivity index (χ1v) is 11.6. The highest BCUT2D eigenvalue weighted by Crippen LogP contribution is 2.30. The van der Waals surface area contributed by atoms with E-state index in [9.17, 15) is 9.59 Å². The van der Waals surface area contributed by atoms with E-state index in [0.29, 0.717) is 28.4 Å². The lowest BCUT2D eigenvalue weighted by atomic mass is 10.1. The lowest BCUT2D eigenvalue weighted by Crippen LogP contribution is -2.34. The molecule has 2 aliphatic rings. The molecule has 2 aromatic rings. The third-order valence-electron chi connectivity index (χ3n) is 6.18. The Kier molecular flexibility index (Phi) is 7.22. The smallest absolute Gasteiger partial charge is 0.323 e. The molecule has 0 spiro atoms. The van der Waals surface area contributed by atoms with Crippen molar-refractivity contribution >= 4 is 29.0 Å². The standard InChI is InChI=1S/C25H32N4O4/c1-32-20-14-19(15-21(17-20)33-2)27-25(31)26-18-8-9-23(28-10-4-3-5-11-28)22(16-18)24(30)29-12-6-7-13-29/h8-9,14-17H,3-7,10-13H2,1-2H3,(H2,26,27,31). The molecule has 2 aromatic carbocycles. The summed E-state index contributed by atoms with van der Waals surface area (Å²) in [7, 11) is 3.11. The number of nitrogens with one attached hydrogen (secondary N) is 2. The number of anilines is 3. The number of nitrogens with zero attached hydrogens (tertiary/aromatic N) is 2. The first-order chi connectivity index (χ1) is 16.1. The Balaban J connectivity index is 1.54. The van der Waals surface area contributed by atoms with Crippen LogP contribution in [0.5, 0.6) is 11.5 Å². The lowest BCUT2D eigenvalue weighted by Gasteiger charge is -2.31. The molecule has 8 nitrogen and oxygen atoms in total. The zero-order valence-electron chi connectivity index (χ0n) is 19.4. The third-order valence-corrected chi connectivity index (χ3v) is 6.18. The van der Waals surface area contributed by atoms with Crippen LogP contribution in [0, 0.1) is 0 Å². The molecule has 8 heteroatoms. The van der Waals surface area contributed by atoms with Crippen molar-refractivity contribution in [3.8, 4) is 11.5 Å². The number of carbonyl (C=O) groups excluding carboxylic acids is 2. The van der Waals surface area contributed by atoms with Crippen molar-refractivity contribution in [3.05, 3.63) is 42.0 Å². The highest BCUT2D eigenvalue weighted by molar-refractivity contribution is 6.04. The average Bonchev–Trinajstić information content (AvgIpc) is 3.39.